The molecule has 1 aromatic rings. The van der Waals surface area contributed by atoms with Crippen molar-refractivity contribution >= 4 is 12.0 Å². The summed E-state index contributed by atoms with van der Waals surface area (Å²) in [5.41, 5.74) is 1.98. The third kappa shape index (κ3) is 6.07. The van der Waals surface area contributed by atoms with E-state index in [0.29, 0.717) is 19.6 Å². The lowest BCUT2D eigenvalue weighted by Gasteiger charge is -2.33. The third-order valence-corrected chi connectivity index (χ3v) is 4.40. The standard InChI is InChI=1S/C20H30N2O3/c1-15-8-5-6-9-16(15)11-12-21-18(23)17-10-7-13-22(14-17)19(24)25-20(2,3)4/h5-6,8-9,17H,7,10-14H2,1-4H3,(H,21,23). The van der Waals surface area contributed by atoms with Crippen LogP contribution < -0.4 is 5.32 Å². The smallest absolute Gasteiger partial charge is 0.410 e. The zero-order valence-corrected chi connectivity index (χ0v) is 15.8. The summed E-state index contributed by atoms with van der Waals surface area (Å²) >= 11 is 0. The second-order valence-electron chi connectivity index (χ2n) is 7.73. The average Bonchev–Trinajstić information content (AvgIpc) is 2.55. The first-order valence-corrected chi connectivity index (χ1v) is 9.06. The number of nitrogens with zero attached hydrogens (tertiary/aromatic N) is 1. The number of carbonyl (C=O) groups is 2. The van der Waals surface area contributed by atoms with Gasteiger partial charge in [0.2, 0.25) is 5.91 Å². The normalized spacial score (nSPS) is 17.9. The number of likely N-dealkylation sites (tertiary alicyclic amines) is 1. The van der Waals surface area contributed by atoms with Crippen molar-refractivity contribution in [1.29, 1.82) is 0 Å². The number of carbonyl (C=O) groups excluding carboxylic acids is 2. The van der Waals surface area contributed by atoms with Crippen LogP contribution in [0.4, 0.5) is 4.79 Å². The quantitative estimate of drug-likeness (QED) is 0.910. The average molecular weight is 346 g/mol. The van der Waals surface area contributed by atoms with Crippen molar-refractivity contribution in [1.82, 2.24) is 10.2 Å². The fourth-order valence-electron chi connectivity index (χ4n) is 3.04. The van der Waals surface area contributed by atoms with Gasteiger partial charge in [-0.1, -0.05) is 24.3 Å². The lowest BCUT2D eigenvalue weighted by molar-refractivity contribution is -0.126. The van der Waals surface area contributed by atoms with Crippen LogP contribution in [0.1, 0.15) is 44.7 Å². The van der Waals surface area contributed by atoms with E-state index in [1.807, 2.05) is 32.9 Å². The van der Waals surface area contributed by atoms with Crippen molar-refractivity contribution in [3.05, 3.63) is 35.4 Å². The van der Waals surface area contributed by atoms with E-state index < -0.39 is 5.60 Å². The molecule has 5 nitrogen and oxygen atoms in total. The minimum atomic E-state index is -0.514. The van der Waals surface area contributed by atoms with Crippen molar-refractivity contribution in [3.63, 3.8) is 0 Å². The van der Waals surface area contributed by atoms with Crippen molar-refractivity contribution in [3.8, 4) is 0 Å². The van der Waals surface area contributed by atoms with Gasteiger partial charge in [-0.25, -0.2) is 4.79 Å². The Morgan fingerprint density at radius 3 is 2.68 bits per heavy atom. The summed E-state index contributed by atoms with van der Waals surface area (Å²) in [6.07, 6.45) is 2.14. The van der Waals surface area contributed by atoms with Crippen LogP contribution in [0, 0.1) is 12.8 Å². The second kappa shape index (κ2) is 8.37. The Hall–Kier alpha value is -2.04. The molecule has 0 bridgehead atoms. The molecule has 138 valence electrons. The number of hydrogen-bond donors (Lipinski definition) is 1. The van der Waals surface area contributed by atoms with Gasteiger partial charge in [-0.05, 0) is 58.1 Å². The van der Waals surface area contributed by atoms with E-state index in [0.717, 1.165) is 19.3 Å². The highest BCUT2D eigenvalue weighted by Crippen LogP contribution is 2.19. The topological polar surface area (TPSA) is 58.6 Å². The summed E-state index contributed by atoms with van der Waals surface area (Å²) in [6.45, 7) is 9.34. The first-order valence-electron chi connectivity index (χ1n) is 9.06. The monoisotopic (exact) mass is 346 g/mol. The van der Waals surface area contributed by atoms with E-state index >= 15 is 0 Å². The molecule has 1 atom stereocenters. The van der Waals surface area contributed by atoms with Gasteiger partial charge in [0.25, 0.3) is 0 Å². The minimum Gasteiger partial charge on any atom is -0.444 e. The number of aryl methyl sites for hydroxylation is 1. The lowest BCUT2D eigenvalue weighted by atomic mass is 9.97. The maximum atomic E-state index is 12.4. The van der Waals surface area contributed by atoms with Gasteiger partial charge in [-0.3, -0.25) is 4.79 Å². The van der Waals surface area contributed by atoms with Gasteiger partial charge in [0, 0.05) is 19.6 Å². The second-order valence-corrected chi connectivity index (χ2v) is 7.73. The van der Waals surface area contributed by atoms with E-state index in [1.54, 1.807) is 4.90 Å². The maximum absolute atomic E-state index is 12.4. The van der Waals surface area contributed by atoms with E-state index in [9.17, 15) is 9.59 Å². The fourth-order valence-corrected chi connectivity index (χ4v) is 3.04. The van der Waals surface area contributed by atoms with Crippen LogP contribution in [0.5, 0.6) is 0 Å². The number of amides is 2. The SMILES string of the molecule is Cc1ccccc1CCNC(=O)C1CCCN(C(=O)OC(C)(C)C)C1. The molecule has 1 N–H and O–H groups in total. The summed E-state index contributed by atoms with van der Waals surface area (Å²) < 4.78 is 5.41. The third-order valence-electron chi connectivity index (χ3n) is 4.40. The van der Waals surface area contributed by atoms with Crippen molar-refractivity contribution < 1.29 is 14.3 Å². The van der Waals surface area contributed by atoms with Gasteiger partial charge in [-0.2, -0.15) is 0 Å². The predicted octanol–water partition coefficient (Wildman–Crippen LogP) is 3.30. The molecule has 5 heteroatoms. The molecule has 0 radical (unpaired) electrons. The zero-order valence-electron chi connectivity index (χ0n) is 15.8. The number of ether oxygens (including phenoxy) is 1. The fraction of sp³-hybridized carbons (Fsp3) is 0.600. The van der Waals surface area contributed by atoms with Gasteiger partial charge in [0.1, 0.15) is 5.60 Å². The Morgan fingerprint density at radius 1 is 1.28 bits per heavy atom. The molecular formula is C20H30N2O3. The molecule has 0 aliphatic carbocycles. The van der Waals surface area contributed by atoms with Gasteiger partial charge < -0.3 is 15.0 Å². The van der Waals surface area contributed by atoms with Crippen LogP contribution in [-0.4, -0.2) is 42.1 Å². The van der Waals surface area contributed by atoms with Gasteiger partial charge in [-0.15, -0.1) is 0 Å². The molecule has 0 spiro atoms. The van der Waals surface area contributed by atoms with E-state index in [2.05, 4.69) is 24.4 Å². The summed E-state index contributed by atoms with van der Waals surface area (Å²) in [4.78, 5) is 26.3. The maximum Gasteiger partial charge on any atom is 0.410 e. The molecule has 2 rings (SSSR count). The molecule has 0 aromatic heterocycles. The van der Waals surface area contributed by atoms with Crippen LogP contribution >= 0.6 is 0 Å². The molecule has 0 saturated carbocycles. The molecule has 1 aromatic carbocycles. The first kappa shape index (κ1) is 19.3. The number of piperidine rings is 1. The van der Waals surface area contributed by atoms with Gasteiger partial charge in [0.15, 0.2) is 0 Å². The summed E-state index contributed by atoms with van der Waals surface area (Å²) in [5, 5.41) is 3.02. The molecule has 2 amide bonds. The van der Waals surface area contributed by atoms with Crippen molar-refractivity contribution in [2.75, 3.05) is 19.6 Å². The summed E-state index contributed by atoms with van der Waals surface area (Å²) in [7, 11) is 0. The number of hydrogen-bond acceptors (Lipinski definition) is 3. The predicted molar refractivity (Wildman–Crippen MR) is 98.4 cm³/mol. The Bertz CT molecular complexity index is 607. The number of benzene rings is 1. The van der Waals surface area contributed by atoms with Crippen LogP contribution in [0.25, 0.3) is 0 Å². The number of nitrogens with one attached hydrogen (secondary N) is 1. The molecule has 1 unspecified atom stereocenters. The molecule has 1 aliphatic heterocycles. The van der Waals surface area contributed by atoms with Gasteiger partial charge >= 0.3 is 6.09 Å². The Labute approximate surface area is 150 Å². The first-order chi connectivity index (χ1) is 11.8. The van der Waals surface area contributed by atoms with Crippen LogP contribution in [0.15, 0.2) is 24.3 Å². The molecule has 1 heterocycles. The largest absolute Gasteiger partial charge is 0.444 e. The Kier molecular flexibility index (Phi) is 6.45. The highest BCUT2D eigenvalue weighted by atomic mass is 16.6. The number of rotatable bonds is 4. The summed E-state index contributed by atoms with van der Waals surface area (Å²) in [5.74, 6) is -0.125. The Morgan fingerprint density at radius 2 is 2.00 bits per heavy atom. The van der Waals surface area contributed by atoms with Crippen LogP contribution in [0.3, 0.4) is 0 Å². The van der Waals surface area contributed by atoms with Crippen LogP contribution in [0.2, 0.25) is 0 Å². The van der Waals surface area contributed by atoms with E-state index in [4.69, 9.17) is 4.74 Å². The molecule has 1 fully saturated rings. The van der Waals surface area contributed by atoms with Crippen molar-refractivity contribution in [2.24, 2.45) is 5.92 Å². The van der Waals surface area contributed by atoms with E-state index in [1.165, 1.54) is 11.1 Å². The van der Waals surface area contributed by atoms with Gasteiger partial charge in [0.05, 0.1) is 5.92 Å². The molecule has 1 aliphatic rings. The zero-order chi connectivity index (χ0) is 18.4. The summed E-state index contributed by atoms with van der Waals surface area (Å²) in [6, 6.07) is 8.21. The molecular weight excluding hydrogens is 316 g/mol. The highest BCUT2D eigenvalue weighted by Gasteiger charge is 2.30. The minimum absolute atomic E-state index is 0.0295. The Balaban J connectivity index is 1.81. The molecule has 25 heavy (non-hydrogen) atoms. The van der Waals surface area contributed by atoms with E-state index in [-0.39, 0.29) is 17.9 Å². The molecule has 1 saturated heterocycles. The van der Waals surface area contributed by atoms with Crippen molar-refractivity contribution in [2.45, 2.75) is 52.6 Å². The lowest BCUT2D eigenvalue weighted by Crippen LogP contribution is -2.47. The highest BCUT2D eigenvalue weighted by molar-refractivity contribution is 5.80. The van der Waals surface area contributed by atoms with Crippen LogP contribution in [-0.2, 0) is 16.0 Å².